The number of nitrogens with zero attached hydrogens (tertiary/aromatic N) is 5. The van der Waals surface area contributed by atoms with E-state index in [0.29, 0.717) is 54.5 Å². The molecule has 5 rings (SSSR count). The van der Waals surface area contributed by atoms with E-state index in [1.165, 1.54) is 0 Å². The third kappa shape index (κ3) is 4.63. The van der Waals surface area contributed by atoms with Crippen molar-refractivity contribution < 1.29 is 14.3 Å². The van der Waals surface area contributed by atoms with Gasteiger partial charge in [-0.3, -0.25) is 14.0 Å². The van der Waals surface area contributed by atoms with Gasteiger partial charge in [-0.2, -0.15) is 0 Å². The van der Waals surface area contributed by atoms with Gasteiger partial charge in [0.15, 0.2) is 0 Å². The van der Waals surface area contributed by atoms with Crippen molar-refractivity contribution in [1.29, 1.82) is 0 Å². The predicted octanol–water partition coefficient (Wildman–Crippen LogP) is 2.98. The summed E-state index contributed by atoms with van der Waals surface area (Å²) < 4.78 is 7.01. The third-order valence-corrected chi connectivity index (χ3v) is 6.36. The molecule has 3 N–H and O–H groups in total. The van der Waals surface area contributed by atoms with Gasteiger partial charge in [0.2, 0.25) is 5.91 Å². The van der Waals surface area contributed by atoms with Crippen LogP contribution in [0.4, 0.5) is 11.6 Å². The van der Waals surface area contributed by atoms with Gasteiger partial charge >= 0.3 is 0 Å². The molecular weight excluding hydrogens is 458 g/mol. The summed E-state index contributed by atoms with van der Waals surface area (Å²) in [5.74, 6) is 1.61. The zero-order chi connectivity index (χ0) is 25.1. The number of anilines is 2. The number of nitrogens with two attached hydrogens (primary N) is 1. The van der Waals surface area contributed by atoms with Crippen LogP contribution in [0, 0.1) is 0 Å². The molecule has 0 spiro atoms. The molecule has 4 heterocycles. The maximum atomic E-state index is 12.6. The maximum absolute atomic E-state index is 12.6. The van der Waals surface area contributed by atoms with Crippen molar-refractivity contribution in [1.82, 2.24) is 24.3 Å². The molecular formula is C26H27N7O3. The first-order chi connectivity index (χ1) is 17.5. The van der Waals surface area contributed by atoms with E-state index in [-0.39, 0.29) is 17.7 Å². The highest BCUT2D eigenvalue weighted by molar-refractivity contribution is 6.04. The minimum atomic E-state index is -0.249. The van der Waals surface area contributed by atoms with Crippen molar-refractivity contribution in [2.75, 3.05) is 37.9 Å². The largest absolute Gasteiger partial charge is 0.384 e. The zero-order valence-electron chi connectivity index (χ0n) is 19.9. The minimum Gasteiger partial charge on any atom is -0.384 e. The van der Waals surface area contributed by atoms with Gasteiger partial charge in [-0.1, -0.05) is 18.2 Å². The summed E-state index contributed by atoms with van der Waals surface area (Å²) in [6.45, 7) is 1.68. The molecule has 3 aromatic heterocycles. The molecule has 1 unspecified atom stereocenters. The van der Waals surface area contributed by atoms with Gasteiger partial charge in [-0.05, 0) is 30.7 Å². The first-order valence-electron chi connectivity index (χ1n) is 11.8. The molecule has 184 valence electrons. The number of ether oxygens (including phenoxy) is 1. The molecule has 1 fully saturated rings. The van der Waals surface area contributed by atoms with E-state index in [1.54, 1.807) is 43.8 Å². The Labute approximate surface area is 208 Å². The Bertz CT molecular complexity index is 1390. The van der Waals surface area contributed by atoms with E-state index in [4.69, 9.17) is 15.5 Å². The van der Waals surface area contributed by atoms with Crippen LogP contribution >= 0.6 is 0 Å². The van der Waals surface area contributed by atoms with Crippen molar-refractivity contribution in [3.8, 4) is 11.3 Å². The van der Waals surface area contributed by atoms with Crippen LogP contribution in [-0.4, -0.2) is 62.9 Å². The van der Waals surface area contributed by atoms with E-state index >= 15 is 0 Å². The Kier molecular flexibility index (Phi) is 6.59. The lowest BCUT2D eigenvalue weighted by atomic mass is 10.1. The van der Waals surface area contributed by atoms with Crippen molar-refractivity contribution in [2.45, 2.75) is 18.8 Å². The molecule has 1 atom stereocenters. The molecule has 4 aromatic rings. The monoisotopic (exact) mass is 485 g/mol. The van der Waals surface area contributed by atoms with Gasteiger partial charge in [-0.25, -0.2) is 15.0 Å². The van der Waals surface area contributed by atoms with E-state index in [1.807, 2.05) is 33.7 Å². The van der Waals surface area contributed by atoms with Crippen LogP contribution in [0.25, 0.3) is 16.8 Å². The van der Waals surface area contributed by atoms with Crippen molar-refractivity contribution in [3.63, 3.8) is 0 Å². The Balaban J connectivity index is 1.41. The standard InChI is InChI=1S/C26H27N7O3/c1-36-15-10-21(34)32-13-9-19(16-32)25-31-22(23-24(27)29-12-14-33(23)25)17-5-7-18(8-6-17)26(35)30-20-4-2-3-11-28-20/h2-8,11-12,14,19H,9-10,13,15-16H2,1H3,(H2,27,29)(H,28,30,35). The lowest BCUT2D eigenvalue weighted by Gasteiger charge is -2.16. The highest BCUT2D eigenvalue weighted by Gasteiger charge is 2.31. The second kappa shape index (κ2) is 10.1. The first-order valence-corrected chi connectivity index (χ1v) is 11.8. The SMILES string of the molecule is COCCC(=O)N1CCC(c2nc(-c3ccc(C(=O)Nc4ccccn4)cc3)c3c(N)nccn23)C1. The lowest BCUT2D eigenvalue weighted by molar-refractivity contribution is -0.131. The molecule has 1 aliphatic rings. The van der Waals surface area contributed by atoms with Crippen LogP contribution in [-0.2, 0) is 9.53 Å². The van der Waals surface area contributed by atoms with E-state index < -0.39 is 0 Å². The number of hydrogen-bond donors (Lipinski definition) is 2. The molecule has 0 bridgehead atoms. The number of nitrogens with one attached hydrogen (secondary N) is 1. The second-order valence-corrected chi connectivity index (χ2v) is 8.66. The number of methoxy groups -OCH3 is 1. The Morgan fingerprint density at radius 2 is 1.97 bits per heavy atom. The van der Waals surface area contributed by atoms with Crippen molar-refractivity contribution >= 4 is 29.0 Å². The number of likely N-dealkylation sites (tertiary alicyclic amines) is 1. The van der Waals surface area contributed by atoms with Crippen LogP contribution in [0.15, 0.2) is 61.1 Å². The van der Waals surface area contributed by atoms with Crippen LogP contribution in [0.5, 0.6) is 0 Å². The number of nitrogen functional groups attached to an aromatic ring is 1. The fraction of sp³-hybridized carbons (Fsp3) is 0.269. The Morgan fingerprint density at radius 3 is 2.72 bits per heavy atom. The quantitative estimate of drug-likeness (QED) is 0.412. The molecule has 1 saturated heterocycles. The topological polar surface area (TPSA) is 128 Å². The molecule has 0 radical (unpaired) electrons. The van der Waals surface area contributed by atoms with Gasteiger partial charge in [-0.15, -0.1) is 0 Å². The second-order valence-electron chi connectivity index (χ2n) is 8.66. The number of imidazole rings is 1. The number of hydrogen-bond acceptors (Lipinski definition) is 7. The smallest absolute Gasteiger partial charge is 0.256 e. The van der Waals surface area contributed by atoms with Gasteiger partial charge < -0.3 is 20.7 Å². The predicted molar refractivity (Wildman–Crippen MR) is 135 cm³/mol. The molecule has 10 nitrogen and oxygen atoms in total. The summed E-state index contributed by atoms with van der Waals surface area (Å²) in [6.07, 6.45) is 6.30. The average Bonchev–Trinajstić information content (AvgIpc) is 3.54. The number of pyridine rings is 1. The molecule has 0 saturated carbocycles. The maximum Gasteiger partial charge on any atom is 0.256 e. The van der Waals surface area contributed by atoms with Crippen LogP contribution < -0.4 is 11.1 Å². The Morgan fingerprint density at radius 1 is 1.14 bits per heavy atom. The van der Waals surface area contributed by atoms with Gasteiger partial charge in [0.1, 0.15) is 28.7 Å². The molecule has 0 aliphatic carbocycles. The lowest BCUT2D eigenvalue weighted by Crippen LogP contribution is -2.29. The fourth-order valence-corrected chi connectivity index (χ4v) is 4.53. The number of aromatic nitrogens is 4. The minimum absolute atomic E-state index is 0.0722. The summed E-state index contributed by atoms with van der Waals surface area (Å²) in [7, 11) is 1.59. The van der Waals surface area contributed by atoms with Gasteiger partial charge in [0.05, 0.1) is 13.0 Å². The Hall–Kier alpha value is -4.31. The molecule has 10 heteroatoms. The number of carbonyl (C=O) groups excluding carboxylic acids is 2. The van der Waals surface area contributed by atoms with Crippen LogP contribution in [0.1, 0.15) is 34.9 Å². The first kappa shape index (κ1) is 23.4. The number of fused-ring (bicyclic) bond motifs is 1. The normalized spacial score (nSPS) is 15.4. The molecule has 2 amide bonds. The van der Waals surface area contributed by atoms with Gasteiger partial charge in [0, 0.05) is 55.8 Å². The summed E-state index contributed by atoms with van der Waals surface area (Å²) in [6, 6.07) is 12.5. The number of rotatable bonds is 7. The van der Waals surface area contributed by atoms with E-state index in [9.17, 15) is 9.59 Å². The summed E-state index contributed by atoms with van der Waals surface area (Å²) in [5, 5.41) is 2.78. The van der Waals surface area contributed by atoms with Crippen molar-refractivity contribution in [2.24, 2.45) is 0 Å². The fourth-order valence-electron chi connectivity index (χ4n) is 4.53. The number of amides is 2. The van der Waals surface area contributed by atoms with E-state index in [0.717, 1.165) is 17.8 Å². The molecule has 1 aliphatic heterocycles. The summed E-state index contributed by atoms with van der Waals surface area (Å²) in [4.78, 5) is 40.3. The average molecular weight is 486 g/mol. The highest BCUT2D eigenvalue weighted by atomic mass is 16.5. The highest BCUT2D eigenvalue weighted by Crippen LogP contribution is 2.34. The zero-order valence-corrected chi connectivity index (χ0v) is 19.9. The number of carbonyl (C=O) groups is 2. The van der Waals surface area contributed by atoms with Gasteiger partial charge in [0.25, 0.3) is 5.91 Å². The van der Waals surface area contributed by atoms with Crippen molar-refractivity contribution in [3.05, 3.63) is 72.4 Å². The van der Waals surface area contributed by atoms with E-state index in [2.05, 4.69) is 15.3 Å². The number of benzene rings is 1. The summed E-state index contributed by atoms with van der Waals surface area (Å²) in [5.41, 5.74) is 9.00. The third-order valence-electron chi connectivity index (χ3n) is 6.36. The van der Waals surface area contributed by atoms with Crippen LogP contribution in [0.2, 0.25) is 0 Å². The molecule has 1 aromatic carbocycles. The molecule has 36 heavy (non-hydrogen) atoms. The summed E-state index contributed by atoms with van der Waals surface area (Å²) >= 11 is 0. The van der Waals surface area contributed by atoms with Crippen LogP contribution in [0.3, 0.4) is 0 Å².